The summed E-state index contributed by atoms with van der Waals surface area (Å²) in [7, 11) is 0. The van der Waals surface area contributed by atoms with E-state index in [1.54, 1.807) is 13.0 Å². The highest BCUT2D eigenvalue weighted by atomic mass is 16.4. The molecule has 0 aliphatic carbocycles. The second-order valence-corrected chi connectivity index (χ2v) is 3.50. The molecule has 3 N–H and O–H groups in total. The number of nitrogens with two attached hydrogens (primary N) is 1. The zero-order chi connectivity index (χ0) is 11.3. The van der Waals surface area contributed by atoms with Gasteiger partial charge in [-0.05, 0) is 29.8 Å². The molecular weight excluding hydrogens is 190 g/mol. The van der Waals surface area contributed by atoms with E-state index in [1.807, 2.05) is 24.3 Å². The van der Waals surface area contributed by atoms with Crippen molar-refractivity contribution in [2.45, 2.75) is 13.3 Å². The minimum atomic E-state index is -0.776. The van der Waals surface area contributed by atoms with Gasteiger partial charge in [0.2, 0.25) is 0 Å². The van der Waals surface area contributed by atoms with E-state index in [0.29, 0.717) is 6.42 Å². The van der Waals surface area contributed by atoms with Crippen molar-refractivity contribution in [2.75, 3.05) is 0 Å². The SMILES string of the molecule is CC(Cc1ccccc1/C=C\N)C(=O)O. The van der Waals surface area contributed by atoms with Gasteiger partial charge in [0.25, 0.3) is 0 Å². The van der Waals surface area contributed by atoms with Crippen molar-refractivity contribution in [1.82, 2.24) is 0 Å². The van der Waals surface area contributed by atoms with Gasteiger partial charge < -0.3 is 10.8 Å². The van der Waals surface area contributed by atoms with E-state index in [9.17, 15) is 4.79 Å². The Labute approximate surface area is 89.2 Å². The zero-order valence-electron chi connectivity index (χ0n) is 8.68. The number of hydrogen-bond acceptors (Lipinski definition) is 2. The number of aliphatic carboxylic acids is 1. The summed E-state index contributed by atoms with van der Waals surface area (Å²) in [6.45, 7) is 1.70. The summed E-state index contributed by atoms with van der Waals surface area (Å²) in [5.74, 6) is -1.15. The van der Waals surface area contributed by atoms with Crippen LogP contribution in [0.2, 0.25) is 0 Å². The van der Waals surface area contributed by atoms with Gasteiger partial charge in [0.1, 0.15) is 0 Å². The van der Waals surface area contributed by atoms with Crippen LogP contribution < -0.4 is 5.73 Å². The van der Waals surface area contributed by atoms with Crippen molar-refractivity contribution in [3.05, 3.63) is 41.6 Å². The van der Waals surface area contributed by atoms with Gasteiger partial charge in [-0.1, -0.05) is 31.2 Å². The van der Waals surface area contributed by atoms with Crippen molar-refractivity contribution in [3.8, 4) is 0 Å². The third kappa shape index (κ3) is 3.13. The van der Waals surface area contributed by atoms with Crippen LogP contribution in [0.4, 0.5) is 0 Å². The summed E-state index contributed by atoms with van der Waals surface area (Å²) in [5, 5.41) is 8.82. The van der Waals surface area contributed by atoms with Crippen molar-refractivity contribution >= 4 is 12.0 Å². The van der Waals surface area contributed by atoms with Gasteiger partial charge in [0, 0.05) is 0 Å². The Morgan fingerprint density at radius 3 is 2.80 bits per heavy atom. The number of carboxylic acids is 1. The molecule has 80 valence electrons. The lowest BCUT2D eigenvalue weighted by Gasteiger charge is -2.08. The van der Waals surface area contributed by atoms with Gasteiger partial charge in [0.05, 0.1) is 5.92 Å². The summed E-state index contributed by atoms with van der Waals surface area (Å²) in [4.78, 5) is 10.7. The van der Waals surface area contributed by atoms with Gasteiger partial charge in [-0.2, -0.15) is 0 Å². The maximum atomic E-state index is 10.7. The molecule has 0 bridgehead atoms. The Morgan fingerprint density at radius 1 is 1.53 bits per heavy atom. The Hall–Kier alpha value is -1.77. The maximum Gasteiger partial charge on any atom is 0.306 e. The van der Waals surface area contributed by atoms with E-state index in [4.69, 9.17) is 10.8 Å². The highest BCUT2D eigenvalue weighted by molar-refractivity contribution is 5.70. The third-order valence-electron chi connectivity index (χ3n) is 2.28. The number of rotatable bonds is 4. The van der Waals surface area contributed by atoms with Crippen LogP contribution in [0.5, 0.6) is 0 Å². The van der Waals surface area contributed by atoms with Crippen LogP contribution in [0.1, 0.15) is 18.1 Å². The zero-order valence-corrected chi connectivity index (χ0v) is 8.68. The smallest absolute Gasteiger partial charge is 0.306 e. The molecule has 0 heterocycles. The van der Waals surface area contributed by atoms with Gasteiger partial charge >= 0.3 is 5.97 Å². The molecular formula is C12H15NO2. The fourth-order valence-corrected chi connectivity index (χ4v) is 1.40. The monoisotopic (exact) mass is 205 g/mol. The van der Waals surface area contributed by atoms with Gasteiger partial charge in [-0.3, -0.25) is 4.79 Å². The maximum absolute atomic E-state index is 10.7. The summed E-state index contributed by atoms with van der Waals surface area (Å²) < 4.78 is 0. The first-order chi connectivity index (χ1) is 7.15. The largest absolute Gasteiger partial charge is 0.481 e. The topological polar surface area (TPSA) is 63.3 Å². The molecule has 0 aliphatic heterocycles. The predicted octanol–water partition coefficient (Wildman–Crippen LogP) is 1.88. The Morgan fingerprint density at radius 2 is 2.20 bits per heavy atom. The Bertz CT molecular complexity index is 372. The lowest BCUT2D eigenvalue weighted by atomic mass is 9.97. The van der Waals surface area contributed by atoms with Crippen molar-refractivity contribution in [3.63, 3.8) is 0 Å². The highest BCUT2D eigenvalue weighted by Gasteiger charge is 2.12. The quantitative estimate of drug-likeness (QED) is 0.788. The predicted molar refractivity (Wildman–Crippen MR) is 60.2 cm³/mol. The van der Waals surface area contributed by atoms with Crippen molar-refractivity contribution in [1.29, 1.82) is 0 Å². The van der Waals surface area contributed by atoms with Crippen LogP contribution in [0, 0.1) is 5.92 Å². The standard InChI is InChI=1S/C12H15NO2/c1-9(12(14)15)8-11-5-3-2-4-10(11)6-7-13/h2-7,9H,8,13H2,1H3,(H,14,15)/b7-6-. The normalized spacial score (nSPS) is 12.9. The summed E-state index contributed by atoms with van der Waals surface area (Å²) in [5.41, 5.74) is 7.31. The molecule has 1 aromatic carbocycles. The van der Waals surface area contributed by atoms with E-state index in [-0.39, 0.29) is 5.92 Å². The molecule has 0 spiro atoms. The molecule has 1 unspecified atom stereocenters. The van der Waals surface area contributed by atoms with Gasteiger partial charge in [-0.15, -0.1) is 0 Å². The summed E-state index contributed by atoms with van der Waals surface area (Å²) >= 11 is 0. The van der Waals surface area contributed by atoms with Crippen LogP contribution in [-0.2, 0) is 11.2 Å². The molecule has 1 rings (SSSR count). The number of hydrogen-bond donors (Lipinski definition) is 2. The van der Waals surface area contributed by atoms with Crippen LogP contribution in [-0.4, -0.2) is 11.1 Å². The average molecular weight is 205 g/mol. The lowest BCUT2D eigenvalue weighted by molar-refractivity contribution is -0.141. The van der Waals surface area contributed by atoms with Crippen LogP contribution in [0.15, 0.2) is 30.5 Å². The van der Waals surface area contributed by atoms with E-state index in [2.05, 4.69) is 0 Å². The fourth-order valence-electron chi connectivity index (χ4n) is 1.40. The molecule has 15 heavy (non-hydrogen) atoms. The Kier molecular flexibility index (Phi) is 3.92. The first-order valence-corrected chi connectivity index (χ1v) is 4.84. The minimum absolute atomic E-state index is 0.377. The molecule has 1 atom stereocenters. The molecule has 0 saturated carbocycles. The molecule has 0 aromatic heterocycles. The average Bonchev–Trinajstić information content (AvgIpc) is 2.21. The van der Waals surface area contributed by atoms with E-state index in [0.717, 1.165) is 11.1 Å². The molecule has 0 fully saturated rings. The van der Waals surface area contributed by atoms with Crippen LogP contribution >= 0.6 is 0 Å². The molecule has 0 amide bonds. The number of carboxylic acid groups (broad SMARTS) is 1. The molecule has 3 nitrogen and oxygen atoms in total. The van der Waals surface area contributed by atoms with E-state index in [1.165, 1.54) is 6.20 Å². The minimum Gasteiger partial charge on any atom is -0.481 e. The third-order valence-corrected chi connectivity index (χ3v) is 2.28. The molecule has 3 heteroatoms. The molecule has 0 aliphatic rings. The second kappa shape index (κ2) is 5.20. The van der Waals surface area contributed by atoms with E-state index < -0.39 is 5.97 Å². The van der Waals surface area contributed by atoms with Crippen LogP contribution in [0.25, 0.3) is 6.08 Å². The van der Waals surface area contributed by atoms with Crippen LogP contribution in [0.3, 0.4) is 0 Å². The van der Waals surface area contributed by atoms with Gasteiger partial charge in [0.15, 0.2) is 0 Å². The molecule has 0 saturated heterocycles. The first-order valence-electron chi connectivity index (χ1n) is 4.84. The highest BCUT2D eigenvalue weighted by Crippen LogP contribution is 2.15. The summed E-state index contributed by atoms with van der Waals surface area (Å²) in [6, 6.07) is 7.66. The summed E-state index contributed by atoms with van der Waals surface area (Å²) in [6.07, 6.45) is 3.77. The second-order valence-electron chi connectivity index (χ2n) is 3.50. The number of benzene rings is 1. The molecule has 1 aromatic rings. The Balaban J connectivity index is 2.88. The number of carbonyl (C=O) groups is 1. The fraction of sp³-hybridized carbons (Fsp3) is 0.250. The van der Waals surface area contributed by atoms with Gasteiger partial charge in [-0.25, -0.2) is 0 Å². The van der Waals surface area contributed by atoms with E-state index >= 15 is 0 Å². The lowest BCUT2D eigenvalue weighted by Crippen LogP contribution is -2.12. The van der Waals surface area contributed by atoms with Crippen molar-refractivity contribution < 1.29 is 9.90 Å². The first kappa shape index (κ1) is 11.3. The van der Waals surface area contributed by atoms with Crippen molar-refractivity contribution in [2.24, 2.45) is 11.7 Å². The molecule has 0 radical (unpaired) electrons.